The summed E-state index contributed by atoms with van der Waals surface area (Å²) in [6.07, 6.45) is 1.06. The number of ether oxygens (including phenoxy) is 3. The van der Waals surface area contributed by atoms with Gasteiger partial charge in [0.15, 0.2) is 17.3 Å². The number of hydrogen-bond donors (Lipinski definition) is 2. The molecule has 1 aliphatic carbocycles. The van der Waals surface area contributed by atoms with Crippen LogP contribution in [0.25, 0.3) is 0 Å². The highest BCUT2D eigenvalue weighted by molar-refractivity contribution is 6.00. The summed E-state index contributed by atoms with van der Waals surface area (Å²) in [6, 6.07) is 13.2. The molecule has 6 rings (SSSR count). The first-order valence-electron chi connectivity index (χ1n) is 10.9. The average molecular weight is 446 g/mol. The Morgan fingerprint density at radius 3 is 2.52 bits per heavy atom. The highest BCUT2D eigenvalue weighted by Gasteiger charge is 2.37. The molecule has 0 unspecified atom stereocenters. The van der Waals surface area contributed by atoms with E-state index in [1.807, 2.05) is 42.5 Å². The van der Waals surface area contributed by atoms with E-state index in [-0.39, 0.29) is 11.7 Å². The van der Waals surface area contributed by atoms with Gasteiger partial charge in [-0.05, 0) is 58.0 Å². The molecule has 2 N–H and O–H groups in total. The topological polar surface area (TPSA) is 108 Å². The van der Waals surface area contributed by atoms with Gasteiger partial charge in [0.1, 0.15) is 19.0 Å². The van der Waals surface area contributed by atoms with Crippen LogP contribution in [-0.2, 0) is 4.79 Å². The number of fused-ring (bicyclic) bond motifs is 2. The van der Waals surface area contributed by atoms with Gasteiger partial charge >= 0.3 is 0 Å². The number of Topliss-reactive ketones (excluding diaryl/α,β-unsaturated/α-hetero) is 1. The van der Waals surface area contributed by atoms with Crippen molar-refractivity contribution < 1.29 is 23.6 Å². The van der Waals surface area contributed by atoms with Gasteiger partial charge in [-0.1, -0.05) is 18.2 Å². The Labute approximate surface area is 189 Å². The van der Waals surface area contributed by atoms with Gasteiger partial charge in [0.25, 0.3) is 0 Å². The van der Waals surface area contributed by atoms with Gasteiger partial charge < -0.3 is 24.8 Å². The van der Waals surface area contributed by atoms with Gasteiger partial charge in [-0.25, -0.2) is 4.63 Å². The molecule has 0 saturated heterocycles. The van der Waals surface area contributed by atoms with Crippen LogP contribution in [0.1, 0.15) is 35.9 Å². The Hall–Kier alpha value is -4.01. The standard InChI is InChI=1S/C24H22N4O5/c1-30-16-5-2-13(3-6-16)15-10-17-21(18(29)11-15)22(26-24-23(25-17)27-33-28-24)14-4-7-19-20(12-14)32-9-8-31-19/h2-7,12,15,22H,8-11H2,1H3,(H,25,27)(H,26,28)/t15-,22-/m1/s1. The molecule has 0 spiro atoms. The van der Waals surface area contributed by atoms with E-state index in [0.717, 1.165) is 22.6 Å². The van der Waals surface area contributed by atoms with E-state index < -0.39 is 6.04 Å². The molecule has 3 aromatic rings. The third kappa shape index (κ3) is 3.45. The second-order valence-electron chi connectivity index (χ2n) is 8.26. The summed E-state index contributed by atoms with van der Waals surface area (Å²) in [5.74, 6) is 3.18. The SMILES string of the molecule is COc1ccc([C@H]2CC(=O)C3=C(C2)Nc2nonc2N[C@@H]3c2ccc3c(c2)OCCO3)cc1. The molecule has 0 saturated carbocycles. The Morgan fingerprint density at radius 2 is 1.70 bits per heavy atom. The molecule has 0 bridgehead atoms. The van der Waals surface area contributed by atoms with Gasteiger partial charge in [0.05, 0.1) is 13.2 Å². The molecule has 2 aliphatic heterocycles. The van der Waals surface area contributed by atoms with Crippen LogP contribution >= 0.6 is 0 Å². The first-order valence-corrected chi connectivity index (χ1v) is 10.9. The number of rotatable bonds is 3. The number of methoxy groups -OCH3 is 1. The molecule has 0 amide bonds. The van der Waals surface area contributed by atoms with E-state index in [1.165, 1.54) is 0 Å². The molecule has 2 aromatic carbocycles. The van der Waals surface area contributed by atoms with Crippen LogP contribution in [0.2, 0.25) is 0 Å². The summed E-state index contributed by atoms with van der Waals surface area (Å²) in [6.45, 7) is 1.01. The van der Waals surface area contributed by atoms with Crippen molar-refractivity contribution in [1.82, 2.24) is 10.3 Å². The van der Waals surface area contributed by atoms with E-state index in [0.29, 0.717) is 54.8 Å². The fourth-order valence-electron chi connectivity index (χ4n) is 4.70. The fourth-order valence-corrected chi connectivity index (χ4v) is 4.70. The number of carbonyl (C=O) groups is 1. The molecule has 0 fully saturated rings. The average Bonchev–Trinajstić information content (AvgIpc) is 3.22. The maximum atomic E-state index is 13.6. The normalized spacial score (nSPS) is 21.3. The minimum absolute atomic E-state index is 0.0389. The molecular weight excluding hydrogens is 424 g/mol. The van der Waals surface area contributed by atoms with Crippen molar-refractivity contribution in [2.75, 3.05) is 31.0 Å². The van der Waals surface area contributed by atoms with Crippen LogP contribution in [0, 0.1) is 0 Å². The van der Waals surface area contributed by atoms with E-state index >= 15 is 0 Å². The van der Waals surface area contributed by atoms with Crippen molar-refractivity contribution in [3.05, 3.63) is 64.9 Å². The second-order valence-corrected chi connectivity index (χ2v) is 8.26. The third-order valence-corrected chi connectivity index (χ3v) is 6.32. The van der Waals surface area contributed by atoms with E-state index in [2.05, 4.69) is 20.9 Å². The lowest BCUT2D eigenvalue weighted by Gasteiger charge is -2.30. The van der Waals surface area contributed by atoms with Gasteiger partial charge in [-0.15, -0.1) is 0 Å². The molecular formula is C24H22N4O5. The maximum Gasteiger partial charge on any atom is 0.219 e. The number of nitrogens with zero attached hydrogens (tertiary/aromatic N) is 2. The summed E-state index contributed by atoms with van der Waals surface area (Å²) < 4.78 is 21.7. The monoisotopic (exact) mass is 446 g/mol. The van der Waals surface area contributed by atoms with Crippen LogP contribution in [0.15, 0.2) is 58.4 Å². The van der Waals surface area contributed by atoms with Crippen LogP contribution in [-0.4, -0.2) is 36.4 Å². The third-order valence-electron chi connectivity index (χ3n) is 6.32. The highest BCUT2D eigenvalue weighted by atomic mass is 16.6. The van der Waals surface area contributed by atoms with Crippen molar-refractivity contribution in [2.24, 2.45) is 0 Å². The number of nitrogens with one attached hydrogen (secondary N) is 2. The minimum Gasteiger partial charge on any atom is -0.497 e. The summed E-state index contributed by atoms with van der Waals surface area (Å²) in [7, 11) is 1.64. The Balaban J connectivity index is 1.40. The summed E-state index contributed by atoms with van der Waals surface area (Å²) >= 11 is 0. The minimum atomic E-state index is -0.430. The van der Waals surface area contributed by atoms with Gasteiger partial charge in [-0.2, -0.15) is 0 Å². The molecule has 0 radical (unpaired) electrons. The molecule has 1 aromatic heterocycles. The summed E-state index contributed by atoms with van der Waals surface area (Å²) in [5, 5.41) is 14.6. The number of carbonyl (C=O) groups excluding carboxylic acids is 1. The van der Waals surface area contributed by atoms with Gasteiger partial charge in [0.2, 0.25) is 11.6 Å². The first-order chi connectivity index (χ1) is 16.2. The maximum absolute atomic E-state index is 13.6. The first kappa shape index (κ1) is 19.7. The zero-order valence-electron chi connectivity index (χ0n) is 18.0. The molecule has 9 heteroatoms. The Bertz CT molecular complexity index is 1250. The van der Waals surface area contributed by atoms with Gasteiger partial charge in [-0.3, -0.25) is 4.79 Å². The summed E-state index contributed by atoms with van der Waals surface area (Å²) in [4.78, 5) is 13.6. The van der Waals surface area contributed by atoms with Crippen molar-refractivity contribution in [3.63, 3.8) is 0 Å². The quantitative estimate of drug-likeness (QED) is 0.620. The number of anilines is 2. The van der Waals surface area contributed by atoms with Crippen LogP contribution in [0.5, 0.6) is 17.2 Å². The zero-order chi connectivity index (χ0) is 22.4. The van der Waals surface area contributed by atoms with Crippen LogP contribution < -0.4 is 24.8 Å². The number of ketones is 1. The number of benzene rings is 2. The number of hydrogen-bond acceptors (Lipinski definition) is 9. The predicted molar refractivity (Wildman–Crippen MR) is 119 cm³/mol. The van der Waals surface area contributed by atoms with Crippen molar-refractivity contribution in [3.8, 4) is 17.2 Å². The van der Waals surface area contributed by atoms with E-state index in [4.69, 9.17) is 18.8 Å². The van der Waals surface area contributed by atoms with Crippen LogP contribution in [0.3, 0.4) is 0 Å². The fraction of sp³-hybridized carbons (Fsp3) is 0.292. The molecule has 3 heterocycles. The van der Waals surface area contributed by atoms with Crippen molar-refractivity contribution in [2.45, 2.75) is 24.8 Å². The van der Waals surface area contributed by atoms with Crippen molar-refractivity contribution >= 4 is 17.4 Å². The number of aromatic nitrogens is 2. The van der Waals surface area contributed by atoms with Crippen LogP contribution in [0.4, 0.5) is 11.6 Å². The lowest BCUT2D eigenvalue weighted by Crippen LogP contribution is -2.27. The van der Waals surface area contributed by atoms with Gasteiger partial charge in [0, 0.05) is 17.7 Å². The molecule has 168 valence electrons. The Morgan fingerprint density at radius 1 is 0.939 bits per heavy atom. The molecule has 9 nitrogen and oxygen atoms in total. The number of allylic oxidation sites excluding steroid dienone is 1. The molecule has 3 aliphatic rings. The largest absolute Gasteiger partial charge is 0.497 e. The van der Waals surface area contributed by atoms with Crippen molar-refractivity contribution in [1.29, 1.82) is 0 Å². The predicted octanol–water partition coefficient (Wildman–Crippen LogP) is 3.83. The highest BCUT2D eigenvalue weighted by Crippen LogP contribution is 2.45. The summed E-state index contributed by atoms with van der Waals surface area (Å²) in [5.41, 5.74) is 3.45. The lowest BCUT2D eigenvalue weighted by molar-refractivity contribution is -0.116. The van der Waals surface area contributed by atoms with E-state index in [9.17, 15) is 4.79 Å². The lowest BCUT2D eigenvalue weighted by atomic mass is 9.78. The smallest absolute Gasteiger partial charge is 0.219 e. The van der Waals surface area contributed by atoms with E-state index in [1.54, 1.807) is 7.11 Å². The zero-order valence-corrected chi connectivity index (χ0v) is 18.0. The molecule has 2 atom stereocenters. The molecule has 33 heavy (non-hydrogen) atoms. The Kier molecular flexibility index (Phi) is 4.67. The second kappa shape index (κ2) is 7.84.